The van der Waals surface area contributed by atoms with Gasteiger partial charge in [-0.25, -0.2) is 0 Å². The molecule has 0 aliphatic carbocycles. The minimum atomic E-state index is 0.318. The van der Waals surface area contributed by atoms with Crippen LogP contribution in [0.2, 0.25) is 0 Å². The molecule has 0 amide bonds. The summed E-state index contributed by atoms with van der Waals surface area (Å²) in [4.78, 5) is 3.75. The number of rotatable bonds is 4. The lowest BCUT2D eigenvalue weighted by molar-refractivity contribution is 0.295. The van der Waals surface area contributed by atoms with Crippen LogP contribution < -0.4 is 15.4 Å². The number of nitrogens with two attached hydrogens (primary N) is 1. The Hall–Kier alpha value is -2.15. The smallest absolute Gasteiger partial charge is 0.212 e. The standard InChI is InChI=1S/C14H20N6O/c1-19-17-14(16-18-19)10-21-13-5-3-2-4-12(13)20-8-6-11(15)7-9-20/h2-5,11H,6-10,15H2,1H3. The molecule has 0 radical (unpaired) electrons. The topological polar surface area (TPSA) is 82.1 Å². The van der Waals surface area contributed by atoms with Crippen LogP contribution >= 0.6 is 0 Å². The molecule has 0 spiro atoms. The third-order valence-electron chi connectivity index (χ3n) is 3.65. The van der Waals surface area contributed by atoms with Crippen molar-refractivity contribution in [3.63, 3.8) is 0 Å². The van der Waals surface area contributed by atoms with E-state index in [-0.39, 0.29) is 0 Å². The van der Waals surface area contributed by atoms with Crippen molar-refractivity contribution in [2.24, 2.45) is 12.8 Å². The molecular formula is C14H20N6O. The Kier molecular flexibility index (Phi) is 4.01. The molecule has 1 aromatic heterocycles. The van der Waals surface area contributed by atoms with Gasteiger partial charge in [-0.05, 0) is 30.2 Å². The number of tetrazole rings is 1. The van der Waals surface area contributed by atoms with Gasteiger partial charge in [0.25, 0.3) is 0 Å². The summed E-state index contributed by atoms with van der Waals surface area (Å²) in [6.07, 6.45) is 2.03. The summed E-state index contributed by atoms with van der Waals surface area (Å²) in [5, 5.41) is 11.8. The predicted octanol–water partition coefficient (Wildman–Crippen LogP) is 0.717. The zero-order valence-corrected chi connectivity index (χ0v) is 12.1. The first-order valence-corrected chi connectivity index (χ1v) is 7.17. The quantitative estimate of drug-likeness (QED) is 0.892. The van der Waals surface area contributed by atoms with Crippen molar-refractivity contribution in [1.29, 1.82) is 0 Å². The second-order valence-electron chi connectivity index (χ2n) is 5.28. The fraction of sp³-hybridized carbons (Fsp3) is 0.500. The molecular weight excluding hydrogens is 268 g/mol. The van der Waals surface area contributed by atoms with Gasteiger partial charge in [0.05, 0.1) is 12.7 Å². The Labute approximate surface area is 123 Å². The molecule has 2 aromatic rings. The van der Waals surface area contributed by atoms with Crippen LogP contribution in [0.4, 0.5) is 5.69 Å². The van der Waals surface area contributed by atoms with Crippen LogP contribution in [0, 0.1) is 0 Å². The van der Waals surface area contributed by atoms with Crippen molar-refractivity contribution in [1.82, 2.24) is 20.2 Å². The van der Waals surface area contributed by atoms with Crippen LogP contribution in [-0.2, 0) is 13.7 Å². The van der Waals surface area contributed by atoms with Gasteiger partial charge in [0, 0.05) is 19.1 Å². The summed E-state index contributed by atoms with van der Waals surface area (Å²) in [7, 11) is 1.74. The lowest BCUT2D eigenvalue weighted by Gasteiger charge is -2.32. The second kappa shape index (κ2) is 6.09. The Morgan fingerprint density at radius 2 is 2.05 bits per heavy atom. The summed E-state index contributed by atoms with van der Waals surface area (Å²) in [6, 6.07) is 8.37. The molecule has 112 valence electrons. The number of para-hydroxylation sites is 2. The monoisotopic (exact) mass is 288 g/mol. The van der Waals surface area contributed by atoms with Crippen LogP contribution in [0.15, 0.2) is 24.3 Å². The van der Waals surface area contributed by atoms with Crippen LogP contribution in [0.25, 0.3) is 0 Å². The number of anilines is 1. The number of aromatic nitrogens is 4. The predicted molar refractivity (Wildman–Crippen MR) is 79.0 cm³/mol. The van der Waals surface area contributed by atoms with Gasteiger partial charge in [-0.2, -0.15) is 4.80 Å². The Bertz CT molecular complexity index is 591. The van der Waals surface area contributed by atoms with Gasteiger partial charge in [-0.1, -0.05) is 12.1 Å². The third kappa shape index (κ3) is 3.30. The highest BCUT2D eigenvalue weighted by Crippen LogP contribution is 2.30. The maximum Gasteiger partial charge on any atom is 0.212 e. The van der Waals surface area contributed by atoms with Crippen molar-refractivity contribution in [2.45, 2.75) is 25.5 Å². The van der Waals surface area contributed by atoms with E-state index >= 15 is 0 Å². The minimum absolute atomic E-state index is 0.318. The molecule has 2 N–H and O–H groups in total. The summed E-state index contributed by atoms with van der Waals surface area (Å²) in [5.74, 6) is 1.42. The van der Waals surface area contributed by atoms with E-state index in [0.29, 0.717) is 18.5 Å². The summed E-state index contributed by atoms with van der Waals surface area (Å²) in [6.45, 7) is 2.24. The van der Waals surface area contributed by atoms with Crippen molar-refractivity contribution in [3.8, 4) is 5.75 Å². The van der Waals surface area contributed by atoms with Crippen molar-refractivity contribution < 1.29 is 4.74 Å². The summed E-state index contributed by atoms with van der Waals surface area (Å²) in [5.41, 5.74) is 7.07. The molecule has 1 aromatic carbocycles. The van der Waals surface area contributed by atoms with Gasteiger partial charge in [-0.15, -0.1) is 10.2 Å². The molecule has 2 heterocycles. The van der Waals surface area contributed by atoms with Crippen LogP contribution in [0.1, 0.15) is 18.7 Å². The van der Waals surface area contributed by atoms with E-state index in [1.807, 2.05) is 18.2 Å². The average Bonchev–Trinajstić information content (AvgIpc) is 2.92. The van der Waals surface area contributed by atoms with Crippen LogP contribution in [-0.4, -0.2) is 39.3 Å². The maximum absolute atomic E-state index is 5.97. The normalized spacial score (nSPS) is 16.2. The zero-order valence-electron chi connectivity index (χ0n) is 12.1. The lowest BCUT2D eigenvalue weighted by Crippen LogP contribution is -2.39. The largest absolute Gasteiger partial charge is 0.483 e. The fourth-order valence-corrected chi connectivity index (χ4v) is 2.50. The van der Waals surface area contributed by atoms with E-state index < -0.39 is 0 Å². The number of aryl methyl sites for hydroxylation is 1. The molecule has 1 aliphatic heterocycles. The Morgan fingerprint density at radius 3 is 2.76 bits per heavy atom. The highest BCUT2D eigenvalue weighted by atomic mass is 16.5. The van der Waals surface area contributed by atoms with Gasteiger partial charge < -0.3 is 15.4 Å². The highest BCUT2D eigenvalue weighted by molar-refractivity contribution is 5.58. The first kappa shape index (κ1) is 13.8. The molecule has 1 aliphatic rings. The van der Waals surface area contributed by atoms with Crippen molar-refractivity contribution in [3.05, 3.63) is 30.1 Å². The second-order valence-corrected chi connectivity index (χ2v) is 5.28. The van der Waals surface area contributed by atoms with Gasteiger partial charge in [0.1, 0.15) is 5.75 Å². The molecule has 21 heavy (non-hydrogen) atoms. The first-order chi connectivity index (χ1) is 10.2. The third-order valence-corrected chi connectivity index (χ3v) is 3.65. The molecule has 0 bridgehead atoms. The van der Waals surface area contributed by atoms with E-state index in [9.17, 15) is 0 Å². The Balaban J connectivity index is 1.70. The molecule has 1 fully saturated rings. The van der Waals surface area contributed by atoms with E-state index in [1.165, 1.54) is 4.80 Å². The maximum atomic E-state index is 5.97. The zero-order chi connectivity index (χ0) is 14.7. The van der Waals surface area contributed by atoms with E-state index in [1.54, 1.807) is 7.05 Å². The number of benzene rings is 1. The van der Waals surface area contributed by atoms with Crippen LogP contribution in [0.3, 0.4) is 0 Å². The van der Waals surface area contributed by atoms with E-state index in [0.717, 1.165) is 37.4 Å². The minimum Gasteiger partial charge on any atom is -0.483 e. The molecule has 0 saturated carbocycles. The molecule has 1 saturated heterocycles. The number of piperidine rings is 1. The fourth-order valence-electron chi connectivity index (χ4n) is 2.50. The highest BCUT2D eigenvalue weighted by Gasteiger charge is 2.19. The van der Waals surface area contributed by atoms with Gasteiger partial charge in [0.2, 0.25) is 5.82 Å². The molecule has 7 heteroatoms. The number of nitrogens with zero attached hydrogens (tertiary/aromatic N) is 5. The van der Waals surface area contributed by atoms with Crippen molar-refractivity contribution >= 4 is 5.69 Å². The van der Waals surface area contributed by atoms with Gasteiger partial charge in [-0.3, -0.25) is 0 Å². The molecule has 0 unspecified atom stereocenters. The van der Waals surface area contributed by atoms with Crippen LogP contribution in [0.5, 0.6) is 5.75 Å². The molecule has 7 nitrogen and oxygen atoms in total. The van der Waals surface area contributed by atoms with Gasteiger partial charge in [0.15, 0.2) is 6.61 Å². The summed E-state index contributed by atoms with van der Waals surface area (Å²) >= 11 is 0. The SMILES string of the molecule is Cn1nnc(COc2ccccc2N2CCC(N)CC2)n1. The van der Waals surface area contributed by atoms with Gasteiger partial charge >= 0.3 is 0 Å². The lowest BCUT2D eigenvalue weighted by atomic mass is 10.1. The molecule has 0 atom stereocenters. The van der Waals surface area contributed by atoms with Crippen molar-refractivity contribution in [2.75, 3.05) is 18.0 Å². The average molecular weight is 288 g/mol. The Morgan fingerprint density at radius 1 is 1.29 bits per heavy atom. The molecule has 3 rings (SSSR count). The number of hydrogen-bond donors (Lipinski definition) is 1. The van der Waals surface area contributed by atoms with E-state index in [2.05, 4.69) is 26.4 Å². The number of ether oxygens (including phenoxy) is 1. The van der Waals surface area contributed by atoms with E-state index in [4.69, 9.17) is 10.5 Å². The summed E-state index contributed by atoms with van der Waals surface area (Å²) < 4.78 is 5.87. The number of hydrogen-bond acceptors (Lipinski definition) is 6. The first-order valence-electron chi connectivity index (χ1n) is 7.17.